The maximum atomic E-state index is 9.67. The maximum absolute atomic E-state index is 9.67. The van der Waals surface area contributed by atoms with Crippen LogP contribution in [-0.4, -0.2) is 18.8 Å². The fourth-order valence-electron chi connectivity index (χ4n) is 1.36. The van der Waals surface area contributed by atoms with Crippen molar-refractivity contribution in [3.05, 3.63) is 23.8 Å². The van der Waals surface area contributed by atoms with E-state index >= 15 is 0 Å². The average Bonchev–Trinajstić information content (AvgIpc) is 2.30. The van der Waals surface area contributed by atoms with Gasteiger partial charge in [-0.05, 0) is 19.0 Å². The van der Waals surface area contributed by atoms with Crippen LogP contribution < -0.4 is 10.1 Å². The zero-order valence-electron chi connectivity index (χ0n) is 9.49. The average molecular weight is 219 g/mol. The van der Waals surface area contributed by atoms with E-state index in [2.05, 4.69) is 11.2 Å². The second kappa shape index (κ2) is 6.76. The first kappa shape index (κ1) is 12.4. The van der Waals surface area contributed by atoms with Gasteiger partial charge in [0.1, 0.15) is 11.5 Å². The third kappa shape index (κ3) is 3.84. The Morgan fingerprint density at radius 1 is 1.50 bits per heavy atom. The summed E-state index contributed by atoms with van der Waals surface area (Å²) in [5.74, 6) is 3.50. The van der Waals surface area contributed by atoms with Gasteiger partial charge in [0.2, 0.25) is 0 Å². The summed E-state index contributed by atoms with van der Waals surface area (Å²) in [5, 5.41) is 12.9. The molecule has 3 nitrogen and oxygen atoms in total. The fourth-order valence-corrected chi connectivity index (χ4v) is 1.36. The number of benzene rings is 1. The minimum Gasteiger partial charge on any atom is -0.507 e. The second-order valence-electron chi connectivity index (χ2n) is 3.48. The van der Waals surface area contributed by atoms with Crippen LogP contribution in [-0.2, 0) is 6.54 Å². The number of methoxy groups -OCH3 is 1. The summed E-state index contributed by atoms with van der Waals surface area (Å²) in [6.45, 7) is 1.50. The summed E-state index contributed by atoms with van der Waals surface area (Å²) in [6.07, 6.45) is 6.88. The van der Waals surface area contributed by atoms with Crippen LogP contribution in [0.25, 0.3) is 0 Å². The number of terminal acetylenes is 1. The number of phenolic OH excluding ortho intramolecular Hbond substituents is 1. The van der Waals surface area contributed by atoms with Crippen LogP contribution in [0.3, 0.4) is 0 Å². The monoisotopic (exact) mass is 219 g/mol. The molecule has 1 rings (SSSR count). The number of hydrogen-bond acceptors (Lipinski definition) is 3. The Kier molecular flexibility index (Phi) is 5.24. The van der Waals surface area contributed by atoms with Gasteiger partial charge in [-0.3, -0.25) is 0 Å². The summed E-state index contributed by atoms with van der Waals surface area (Å²) < 4.78 is 5.01. The topological polar surface area (TPSA) is 41.5 Å². The number of phenols is 1. The molecule has 0 saturated heterocycles. The molecule has 0 aromatic heterocycles. The lowest BCUT2D eigenvalue weighted by molar-refractivity contribution is 0.406. The van der Waals surface area contributed by atoms with E-state index in [4.69, 9.17) is 11.2 Å². The SMILES string of the molecule is C#CCCCNCc1ccc(OC)cc1O. The molecular weight excluding hydrogens is 202 g/mol. The molecule has 0 radical (unpaired) electrons. The fraction of sp³-hybridized carbons (Fsp3) is 0.385. The van der Waals surface area contributed by atoms with Gasteiger partial charge in [-0.1, -0.05) is 6.07 Å². The molecule has 0 saturated carbocycles. The van der Waals surface area contributed by atoms with Crippen molar-refractivity contribution in [2.24, 2.45) is 0 Å². The molecule has 0 amide bonds. The predicted octanol–water partition coefficient (Wildman–Crippen LogP) is 1.90. The van der Waals surface area contributed by atoms with Crippen molar-refractivity contribution < 1.29 is 9.84 Å². The van der Waals surface area contributed by atoms with E-state index in [-0.39, 0.29) is 5.75 Å². The highest BCUT2D eigenvalue weighted by molar-refractivity contribution is 5.39. The van der Waals surface area contributed by atoms with Crippen molar-refractivity contribution in [1.29, 1.82) is 0 Å². The van der Waals surface area contributed by atoms with Crippen LogP contribution >= 0.6 is 0 Å². The van der Waals surface area contributed by atoms with Gasteiger partial charge < -0.3 is 15.2 Å². The number of rotatable bonds is 6. The first-order valence-corrected chi connectivity index (χ1v) is 5.28. The Morgan fingerprint density at radius 2 is 2.31 bits per heavy atom. The van der Waals surface area contributed by atoms with Crippen LogP contribution in [0, 0.1) is 12.3 Å². The third-order valence-electron chi connectivity index (χ3n) is 2.28. The molecule has 86 valence electrons. The molecular formula is C13H17NO2. The molecule has 0 fully saturated rings. The van der Waals surface area contributed by atoms with Crippen LogP contribution in [0.5, 0.6) is 11.5 Å². The van der Waals surface area contributed by atoms with Crippen LogP contribution in [0.1, 0.15) is 18.4 Å². The quantitative estimate of drug-likeness (QED) is 0.567. The zero-order valence-corrected chi connectivity index (χ0v) is 9.49. The summed E-state index contributed by atoms with van der Waals surface area (Å²) in [5.41, 5.74) is 0.863. The van der Waals surface area contributed by atoms with Crippen LogP contribution in [0.2, 0.25) is 0 Å². The predicted molar refractivity (Wildman–Crippen MR) is 64.4 cm³/mol. The Balaban J connectivity index is 2.40. The molecule has 3 heteroatoms. The van der Waals surface area contributed by atoms with Crippen molar-refractivity contribution in [2.75, 3.05) is 13.7 Å². The molecule has 1 aromatic carbocycles. The highest BCUT2D eigenvalue weighted by Gasteiger charge is 2.01. The van der Waals surface area contributed by atoms with Crippen LogP contribution in [0.15, 0.2) is 18.2 Å². The van der Waals surface area contributed by atoms with Gasteiger partial charge in [0.05, 0.1) is 7.11 Å². The number of nitrogens with one attached hydrogen (secondary N) is 1. The van der Waals surface area contributed by atoms with E-state index in [9.17, 15) is 5.11 Å². The van der Waals surface area contributed by atoms with Crippen molar-refractivity contribution in [1.82, 2.24) is 5.32 Å². The van der Waals surface area contributed by atoms with E-state index < -0.39 is 0 Å². The molecule has 2 N–H and O–H groups in total. The first-order valence-electron chi connectivity index (χ1n) is 5.28. The molecule has 0 unspecified atom stereocenters. The smallest absolute Gasteiger partial charge is 0.123 e. The Morgan fingerprint density at radius 3 is 2.94 bits per heavy atom. The van der Waals surface area contributed by atoms with Crippen molar-refractivity contribution in [3.63, 3.8) is 0 Å². The highest BCUT2D eigenvalue weighted by atomic mass is 16.5. The molecule has 0 bridgehead atoms. The standard InChI is InChI=1S/C13H17NO2/c1-3-4-5-8-14-10-11-6-7-12(16-2)9-13(11)15/h1,6-7,9,14-15H,4-5,8,10H2,2H3. The first-order chi connectivity index (χ1) is 7.77. The van der Waals surface area contributed by atoms with E-state index in [1.807, 2.05) is 12.1 Å². The number of ether oxygens (including phenoxy) is 1. The highest BCUT2D eigenvalue weighted by Crippen LogP contribution is 2.22. The summed E-state index contributed by atoms with van der Waals surface area (Å²) in [7, 11) is 1.58. The van der Waals surface area contributed by atoms with Gasteiger partial charge in [-0.25, -0.2) is 0 Å². The van der Waals surface area contributed by atoms with Crippen LogP contribution in [0.4, 0.5) is 0 Å². The summed E-state index contributed by atoms with van der Waals surface area (Å²) >= 11 is 0. The van der Waals surface area contributed by atoms with Gasteiger partial charge in [0.25, 0.3) is 0 Å². The number of aromatic hydroxyl groups is 1. The second-order valence-corrected chi connectivity index (χ2v) is 3.48. The Labute approximate surface area is 96.4 Å². The largest absolute Gasteiger partial charge is 0.507 e. The molecule has 0 spiro atoms. The van der Waals surface area contributed by atoms with E-state index in [1.54, 1.807) is 13.2 Å². The lowest BCUT2D eigenvalue weighted by Crippen LogP contribution is -2.14. The number of hydrogen-bond donors (Lipinski definition) is 2. The molecule has 0 aliphatic heterocycles. The molecule has 0 atom stereocenters. The van der Waals surface area contributed by atoms with Gasteiger partial charge in [0.15, 0.2) is 0 Å². The molecule has 0 heterocycles. The van der Waals surface area contributed by atoms with Crippen molar-refractivity contribution >= 4 is 0 Å². The Hall–Kier alpha value is -1.66. The zero-order chi connectivity index (χ0) is 11.8. The van der Waals surface area contributed by atoms with E-state index in [0.717, 1.165) is 24.9 Å². The minimum atomic E-state index is 0.254. The van der Waals surface area contributed by atoms with Gasteiger partial charge in [-0.15, -0.1) is 12.3 Å². The van der Waals surface area contributed by atoms with Gasteiger partial charge in [0, 0.05) is 24.6 Å². The van der Waals surface area contributed by atoms with E-state index in [0.29, 0.717) is 12.3 Å². The normalized spacial score (nSPS) is 9.75. The van der Waals surface area contributed by atoms with Crippen molar-refractivity contribution in [3.8, 4) is 23.8 Å². The molecule has 1 aromatic rings. The minimum absolute atomic E-state index is 0.254. The summed E-state index contributed by atoms with van der Waals surface area (Å²) in [6, 6.07) is 5.29. The maximum Gasteiger partial charge on any atom is 0.123 e. The van der Waals surface area contributed by atoms with Gasteiger partial charge in [-0.2, -0.15) is 0 Å². The third-order valence-corrected chi connectivity index (χ3v) is 2.28. The van der Waals surface area contributed by atoms with E-state index in [1.165, 1.54) is 0 Å². The summed E-state index contributed by atoms with van der Waals surface area (Å²) in [4.78, 5) is 0. The van der Waals surface area contributed by atoms with Gasteiger partial charge >= 0.3 is 0 Å². The lowest BCUT2D eigenvalue weighted by Gasteiger charge is -2.07. The number of unbranched alkanes of at least 4 members (excludes halogenated alkanes) is 1. The lowest BCUT2D eigenvalue weighted by atomic mass is 10.2. The van der Waals surface area contributed by atoms with Crippen molar-refractivity contribution in [2.45, 2.75) is 19.4 Å². The Bertz CT molecular complexity index is 369. The molecule has 0 aliphatic rings. The molecule has 16 heavy (non-hydrogen) atoms. The molecule has 0 aliphatic carbocycles.